The second kappa shape index (κ2) is 7.28. The normalized spacial score (nSPS) is 11.1. The Hall–Kier alpha value is -3.07. The highest BCUT2D eigenvalue weighted by molar-refractivity contribution is 5.80. The van der Waals surface area contributed by atoms with E-state index in [0.717, 1.165) is 40.3 Å². The van der Waals surface area contributed by atoms with Crippen LogP contribution in [0.3, 0.4) is 0 Å². The van der Waals surface area contributed by atoms with E-state index in [1.54, 1.807) is 0 Å². The molecule has 1 heterocycles. The van der Waals surface area contributed by atoms with Crippen molar-refractivity contribution in [2.75, 3.05) is 6.61 Å². The van der Waals surface area contributed by atoms with Crippen molar-refractivity contribution < 1.29 is 4.74 Å². The summed E-state index contributed by atoms with van der Waals surface area (Å²) in [5, 5.41) is 0. The van der Waals surface area contributed by atoms with E-state index in [1.807, 2.05) is 6.07 Å². The molecular formula is C24H24N2O. The predicted molar refractivity (Wildman–Crippen MR) is 111 cm³/mol. The molecule has 27 heavy (non-hydrogen) atoms. The number of fused-ring (bicyclic) bond motifs is 1. The minimum atomic E-state index is 0.601. The van der Waals surface area contributed by atoms with E-state index in [9.17, 15) is 0 Å². The molecule has 0 radical (unpaired) electrons. The highest BCUT2D eigenvalue weighted by Gasteiger charge is 2.12. The summed E-state index contributed by atoms with van der Waals surface area (Å²) < 4.78 is 8.36. The Morgan fingerprint density at radius 3 is 2.41 bits per heavy atom. The van der Waals surface area contributed by atoms with Crippen molar-refractivity contribution in [2.45, 2.75) is 27.3 Å². The molecule has 0 aliphatic heterocycles. The highest BCUT2D eigenvalue weighted by Crippen LogP contribution is 2.25. The number of hydrogen-bond donors (Lipinski definition) is 0. The molecule has 0 fully saturated rings. The Balaban J connectivity index is 1.64. The molecule has 0 spiro atoms. The predicted octanol–water partition coefficient (Wildman–Crippen LogP) is 5.71. The monoisotopic (exact) mass is 356 g/mol. The fourth-order valence-electron chi connectivity index (χ4n) is 3.33. The molecule has 3 nitrogen and oxygen atoms in total. The molecule has 136 valence electrons. The Bertz CT molecular complexity index is 1080. The smallest absolute Gasteiger partial charge is 0.141 e. The van der Waals surface area contributed by atoms with E-state index >= 15 is 0 Å². The summed E-state index contributed by atoms with van der Waals surface area (Å²) in [6, 6.07) is 23.1. The topological polar surface area (TPSA) is 27.1 Å². The molecule has 3 heteroatoms. The number of benzene rings is 3. The fraction of sp³-hybridized carbons (Fsp3) is 0.208. The molecule has 0 saturated carbocycles. The zero-order valence-corrected chi connectivity index (χ0v) is 16.1. The van der Waals surface area contributed by atoms with Crippen LogP contribution in [0.2, 0.25) is 0 Å². The number of nitrogens with zero attached hydrogens (tertiary/aromatic N) is 2. The lowest BCUT2D eigenvalue weighted by Crippen LogP contribution is -2.10. The number of aromatic nitrogens is 2. The second-order valence-electron chi connectivity index (χ2n) is 7.06. The Labute approximate surface area is 160 Å². The quantitative estimate of drug-likeness (QED) is 0.458. The third-order valence-corrected chi connectivity index (χ3v) is 4.88. The summed E-state index contributed by atoms with van der Waals surface area (Å²) in [6.07, 6.45) is 0. The molecular weight excluding hydrogens is 332 g/mol. The van der Waals surface area contributed by atoms with Gasteiger partial charge in [0.2, 0.25) is 0 Å². The number of ether oxygens (including phenoxy) is 1. The van der Waals surface area contributed by atoms with Crippen molar-refractivity contribution in [3.63, 3.8) is 0 Å². The van der Waals surface area contributed by atoms with Crippen LogP contribution in [-0.4, -0.2) is 16.2 Å². The summed E-state index contributed by atoms with van der Waals surface area (Å²) in [4.78, 5) is 4.88. The van der Waals surface area contributed by atoms with E-state index in [0.29, 0.717) is 6.61 Å². The maximum absolute atomic E-state index is 6.10. The minimum Gasteiger partial charge on any atom is -0.491 e. The molecule has 0 bridgehead atoms. The molecule has 0 atom stereocenters. The van der Waals surface area contributed by atoms with Gasteiger partial charge in [-0.15, -0.1) is 0 Å². The van der Waals surface area contributed by atoms with E-state index in [2.05, 4.69) is 86.0 Å². The zero-order chi connectivity index (χ0) is 18.8. The molecule has 0 saturated heterocycles. The number of imidazole rings is 1. The average molecular weight is 356 g/mol. The van der Waals surface area contributed by atoms with Gasteiger partial charge in [0.15, 0.2) is 0 Å². The summed E-state index contributed by atoms with van der Waals surface area (Å²) in [7, 11) is 0. The van der Waals surface area contributed by atoms with Crippen LogP contribution >= 0.6 is 0 Å². The molecule has 0 aliphatic carbocycles. The molecule has 1 aromatic heterocycles. The van der Waals surface area contributed by atoms with Crippen molar-refractivity contribution in [1.82, 2.24) is 9.55 Å². The Morgan fingerprint density at radius 2 is 1.59 bits per heavy atom. The largest absolute Gasteiger partial charge is 0.491 e. The summed E-state index contributed by atoms with van der Waals surface area (Å²) in [6.45, 7) is 7.62. The Morgan fingerprint density at radius 1 is 0.852 bits per heavy atom. The van der Waals surface area contributed by atoms with Gasteiger partial charge in [-0.1, -0.05) is 54.1 Å². The van der Waals surface area contributed by atoms with E-state index in [4.69, 9.17) is 9.72 Å². The van der Waals surface area contributed by atoms with Crippen molar-refractivity contribution in [1.29, 1.82) is 0 Å². The van der Waals surface area contributed by atoms with Gasteiger partial charge in [0, 0.05) is 5.56 Å². The lowest BCUT2D eigenvalue weighted by Gasteiger charge is -2.13. The maximum atomic E-state index is 6.10. The molecule has 4 rings (SSSR count). The summed E-state index contributed by atoms with van der Waals surface area (Å²) in [5.74, 6) is 1.94. The first-order valence-corrected chi connectivity index (χ1v) is 9.34. The van der Waals surface area contributed by atoms with Gasteiger partial charge in [-0.3, -0.25) is 0 Å². The molecule has 4 aromatic rings. The first kappa shape index (κ1) is 17.3. The SMILES string of the molecule is Cc1ccc(-c2nc3ccccc3n2CCOc2cc(C)ccc2C)cc1. The molecule has 0 aliphatic rings. The standard InChI is InChI=1S/C24H24N2O/c1-17-9-12-20(13-10-17)24-25-21-6-4-5-7-22(21)26(24)14-15-27-23-16-18(2)8-11-19(23)3/h4-13,16H,14-15H2,1-3H3. The lowest BCUT2D eigenvalue weighted by molar-refractivity contribution is 0.299. The van der Waals surface area contributed by atoms with Gasteiger partial charge in [0.25, 0.3) is 0 Å². The third kappa shape index (κ3) is 3.59. The van der Waals surface area contributed by atoms with Crippen LogP contribution in [0.4, 0.5) is 0 Å². The zero-order valence-electron chi connectivity index (χ0n) is 16.1. The summed E-state index contributed by atoms with van der Waals surface area (Å²) in [5.41, 5.74) is 6.90. The van der Waals surface area contributed by atoms with E-state index in [1.165, 1.54) is 11.1 Å². The van der Waals surface area contributed by atoms with Crippen molar-refractivity contribution in [3.8, 4) is 17.1 Å². The molecule has 3 aromatic carbocycles. The molecule has 0 amide bonds. The minimum absolute atomic E-state index is 0.601. The van der Waals surface area contributed by atoms with Gasteiger partial charge in [0.1, 0.15) is 18.2 Å². The first-order valence-electron chi connectivity index (χ1n) is 9.34. The summed E-state index contributed by atoms with van der Waals surface area (Å²) >= 11 is 0. The highest BCUT2D eigenvalue weighted by atomic mass is 16.5. The van der Waals surface area contributed by atoms with Crippen LogP contribution in [0.15, 0.2) is 66.7 Å². The first-order chi connectivity index (χ1) is 13.1. The number of hydrogen-bond acceptors (Lipinski definition) is 2. The second-order valence-corrected chi connectivity index (χ2v) is 7.06. The van der Waals surface area contributed by atoms with Gasteiger partial charge >= 0.3 is 0 Å². The van der Waals surface area contributed by atoms with Crippen LogP contribution in [0, 0.1) is 20.8 Å². The van der Waals surface area contributed by atoms with Crippen molar-refractivity contribution in [2.24, 2.45) is 0 Å². The average Bonchev–Trinajstić information content (AvgIpc) is 3.04. The van der Waals surface area contributed by atoms with E-state index < -0.39 is 0 Å². The van der Waals surface area contributed by atoms with Crippen LogP contribution < -0.4 is 4.74 Å². The Kier molecular flexibility index (Phi) is 4.68. The molecule has 0 N–H and O–H groups in total. The van der Waals surface area contributed by atoms with Crippen LogP contribution in [0.5, 0.6) is 5.75 Å². The van der Waals surface area contributed by atoms with Crippen LogP contribution in [0.1, 0.15) is 16.7 Å². The van der Waals surface area contributed by atoms with Crippen molar-refractivity contribution >= 4 is 11.0 Å². The van der Waals surface area contributed by atoms with Crippen LogP contribution in [-0.2, 0) is 6.54 Å². The van der Waals surface area contributed by atoms with Crippen molar-refractivity contribution in [3.05, 3.63) is 83.4 Å². The number of rotatable bonds is 5. The van der Waals surface area contributed by atoms with Gasteiger partial charge in [-0.2, -0.15) is 0 Å². The maximum Gasteiger partial charge on any atom is 0.141 e. The fourth-order valence-corrected chi connectivity index (χ4v) is 3.33. The van der Waals surface area contributed by atoms with Gasteiger partial charge in [-0.25, -0.2) is 4.98 Å². The lowest BCUT2D eigenvalue weighted by atomic mass is 10.1. The van der Waals surface area contributed by atoms with Gasteiger partial charge in [-0.05, 0) is 50.1 Å². The van der Waals surface area contributed by atoms with Crippen LogP contribution in [0.25, 0.3) is 22.4 Å². The van der Waals surface area contributed by atoms with Gasteiger partial charge < -0.3 is 9.30 Å². The molecule has 0 unspecified atom stereocenters. The van der Waals surface area contributed by atoms with E-state index in [-0.39, 0.29) is 0 Å². The number of para-hydroxylation sites is 2. The third-order valence-electron chi connectivity index (χ3n) is 4.88. The van der Waals surface area contributed by atoms with Gasteiger partial charge in [0.05, 0.1) is 17.6 Å². The number of aryl methyl sites for hydroxylation is 3.